The van der Waals surface area contributed by atoms with E-state index in [-0.39, 0.29) is 16.1 Å². The molecule has 1 saturated heterocycles. The summed E-state index contributed by atoms with van der Waals surface area (Å²) in [6.45, 7) is 0.505. The predicted octanol–water partition coefficient (Wildman–Crippen LogP) is 2.24. The van der Waals surface area contributed by atoms with E-state index in [9.17, 15) is 4.79 Å². The topological polar surface area (TPSA) is 38.3 Å². The molecule has 0 spiro atoms. The Morgan fingerprint density at radius 3 is 2.75 bits per heavy atom. The van der Waals surface area contributed by atoms with E-state index in [1.165, 1.54) is 0 Å². The Kier molecular flexibility index (Phi) is 4.17. The molecule has 3 nitrogen and oxygen atoms in total. The van der Waals surface area contributed by atoms with Gasteiger partial charge in [-0.3, -0.25) is 4.79 Å². The fraction of sp³-hybridized carbons (Fsp3) is 0.417. The predicted molar refractivity (Wildman–Crippen MR) is 70.2 cm³/mol. The molecular formula is C12H14INO2. The van der Waals surface area contributed by atoms with Crippen molar-refractivity contribution in [3.63, 3.8) is 0 Å². The zero-order chi connectivity index (χ0) is 11.4. The first-order valence-corrected chi connectivity index (χ1v) is 6.60. The maximum atomic E-state index is 11.6. The Balaban J connectivity index is 1.84. The van der Waals surface area contributed by atoms with Crippen LogP contribution in [0.4, 0.5) is 0 Å². The lowest BCUT2D eigenvalue weighted by atomic mass is 10.1. The Hall–Kier alpha value is -0.620. The fourth-order valence-electron chi connectivity index (χ4n) is 1.68. The zero-order valence-electron chi connectivity index (χ0n) is 8.86. The maximum Gasteiger partial charge on any atom is 0.249 e. The SMILES string of the molecule is O=C1NC(I)CCC1OCc1ccccc1. The first kappa shape index (κ1) is 11.9. The molecule has 1 aromatic carbocycles. The number of piperidine rings is 1. The molecule has 86 valence electrons. The van der Waals surface area contributed by atoms with Crippen LogP contribution in [0.5, 0.6) is 0 Å². The highest BCUT2D eigenvalue weighted by molar-refractivity contribution is 14.1. The lowest BCUT2D eigenvalue weighted by molar-refractivity contribution is -0.136. The van der Waals surface area contributed by atoms with Crippen molar-refractivity contribution in [2.45, 2.75) is 29.6 Å². The van der Waals surface area contributed by atoms with Gasteiger partial charge in [0.15, 0.2) is 0 Å². The van der Waals surface area contributed by atoms with Gasteiger partial charge in [-0.1, -0.05) is 52.9 Å². The molecule has 1 N–H and O–H groups in total. The van der Waals surface area contributed by atoms with Gasteiger partial charge in [0.05, 0.1) is 10.7 Å². The van der Waals surface area contributed by atoms with Gasteiger partial charge in [0.25, 0.3) is 0 Å². The van der Waals surface area contributed by atoms with Crippen molar-refractivity contribution in [1.82, 2.24) is 5.32 Å². The summed E-state index contributed by atoms with van der Waals surface area (Å²) in [5.41, 5.74) is 1.10. The van der Waals surface area contributed by atoms with Crippen LogP contribution in [0.25, 0.3) is 0 Å². The van der Waals surface area contributed by atoms with Gasteiger partial charge in [0.1, 0.15) is 6.10 Å². The van der Waals surface area contributed by atoms with Crippen molar-refractivity contribution in [3.8, 4) is 0 Å². The number of hydrogen-bond acceptors (Lipinski definition) is 2. The van der Waals surface area contributed by atoms with Crippen molar-refractivity contribution in [1.29, 1.82) is 0 Å². The normalized spacial score (nSPS) is 25.2. The molecule has 2 unspecified atom stereocenters. The van der Waals surface area contributed by atoms with Crippen molar-refractivity contribution in [2.75, 3.05) is 0 Å². The van der Waals surface area contributed by atoms with Gasteiger partial charge in [-0.05, 0) is 18.4 Å². The highest BCUT2D eigenvalue weighted by atomic mass is 127. The minimum Gasteiger partial charge on any atom is -0.364 e. The lowest BCUT2D eigenvalue weighted by Crippen LogP contribution is -2.45. The van der Waals surface area contributed by atoms with Gasteiger partial charge >= 0.3 is 0 Å². The van der Waals surface area contributed by atoms with E-state index in [0.29, 0.717) is 6.61 Å². The van der Waals surface area contributed by atoms with Crippen molar-refractivity contribution in [3.05, 3.63) is 35.9 Å². The van der Waals surface area contributed by atoms with E-state index in [0.717, 1.165) is 18.4 Å². The van der Waals surface area contributed by atoms with Crippen LogP contribution in [-0.2, 0) is 16.1 Å². The molecule has 2 atom stereocenters. The summed E-state index contributed by atoms with van der Waals surface area (Å²) in [6, 6.07) is 9.92. The van der Waals surface area contributed by atoms with Crippen LogP contribution in [0.2, 0.25) is 0 Å². The number of amides is 1. The Morgan fingerprint density at radius 2 is 2.06 bits per heavy atom. The molecule has 0 aliphatic carbocycles. The molecule has 4 heteroatoms. The Morgan fingerprint density at radius 1 is 1.31 bits per heavy atom. The summed E-state index contributed by atoms with van der Waals surface area (Å²) >= 11 is 2.23. The number of ether oxygens (including phenoxy) is 1. The third-order valence-corrected chi connectivity index (χ3v) is 3.50. The molecule has 2 rings (SSSR count). The first-order valence-electron chi connectivity index (χ1n) is 5.35. The van der Waals surface area contributed by atoms with Crippen LogP contribution in [0.15, 0.2) is 30.3 Å². The lowest BCUT2D eigenvalue weighted by Gasteiger charge is -2.25. The van der Waals surface area contributed by atoms with Gasteiger partial charge in [0.2, 0.25) is 5.91 Å². The molecule has 16 heavy (non-hydrogen) atoms. The molecule has 1 aliphatic rings. The first-order chi connectivity index (χ1) is 7.75. The van der Waals surface area contributed by atoms with Crippen LogP contribution < -0.4 is 5.32 Å². The third kappa shape index (κ3) is 3.18. The number of alkyl halides is 1. The molecule has 0 saturated carbocycles. The summed E-state index contributed by atoms with van der Waals surface area (Å²) in [5.74, 6) is 0.0154. The fourth-order valence-corrected chi connectivity index (χ4v) is 2.34. The molecule has 0 radical (unpaired) electrons. The number of hydrogen-bond donors (Lipinski definition) is 1. The van der Waals surface area contributed by atoms with Gasteiger partial charge in [0, 0.05) is 0 Å². The van der Waals surface area contributed by atoms with Crippen LogP contribution in [0, 0.1) is 0 Å². The van der Waals surface area contributed by atoms with Gasteiger partial charge < -0.3 is 10.1 Å². The molecule has 1 fully saturated rings. The van der Waals surface area contributed by atoms with Crippen LogP contribution in [0.3, 0.4) is 0 Å². The summed E-state index contributed by atoms with van der Waals surface area (Å²) in [5, 5.41) is 2.89. The standard InChI is InChI=1S/C12H14INO2/c13-11-7-6-10(12(15)14-11)16-8-9-4-2-1-3-5-9/h1-5,10-11H,6-8H2,(H,14,15). The minimum atomic E-state index is -0.286. The van der Waals surface area contributed by atoms with Crippen molar-refractivity contribution in [2.24, 2.45) is 0 Å². The monoisotopic (exact) mass is 331 g/mol. The summed E-state index contributed by atoms with van der Waals surface area (Å²) < 4.78 is 5.87. The maximum absolute atomic E-state index is 11.6. The summed E-state index contributed by atoms with van der Waals surface area (Å²) in [4.78, 5) is 11.6. The molecule has 1 amide bonds. The number of halogens is 1. The van der Waals surface area contributed by atoms with E-state index >= 15 is 0 Å². The van der Waals surface area contributed by atoms with E-state index in [2.05, 4.69) is 27.9 Å². The number of nitrogens with one attached hydrogen (secondary N) is 1. The van der Waals surface area contributed by atoms with Gasteiger partial charge in [-0.2, -0.15) is 0 Å². The Labute approximate surface area is 109 Å². The van der Waals surface area contributed by atoms with Crippen LogP contribution in [0.1, 0.15) is 18.4 Å². The van der Waals surface area contributed by atoms with E-state index < -0.39 is 0 Å². The summed E-state index contributed by atoms with van der Waals surface area (Å²) in [6.07, 6.45) is 1.50. The smallest absolute Gasteiger partial charge is 0.249 e. The molecule has 0 bridgehead atoms. The van der Waals surface area contributed by atoms with E-state index in [4.69, 9.17) is 4.74 Å². The van der Waals surface area contributed by atoms with Gasteiger partial charge in [-0.25, -0.2) is 0 Å². The third-order valence-electron chi connectivity index (χ3n) is 2.57. The number of benzene rings is 1. The minimum absolute atomic E-state index is 0.0154. The molecule has 1 aliphatic heterocycles. The highest BCUT2D eigenvalue weighted by Gasteiger charge is 2.26. The van der Waals surface area contributed by atoms with Crippen LogP contribution >= 0.6 is 22.6 Å². The average Bonchev–Trinajstić information content (AvgIpc) is 2.29. The zero-order valence-corrected chi connectivity index (χ0v) is 11.0. The summed E-state index contributed by atoms with van der Waals surface area (Å²) in [7, 11) is 0. The number of carbonyl (C=O) groups excluding carboxylic acids is 1. The number of carbonyl (C=O) groups is 1. The van der Waals surface area contributed by atoms with Crippen molar-refractivity contribution >= 4 is 28.5 Å². The van der Waals surface area contributed by atoms with E-state index in [1.807, 2.05) is 30.3 Å². The highest BCUT2D eigenvalue weighted by Crippen LogP contribution is 2.17. The Bertz CT molecular complexity index is 355. The quantitative estimate of drug-likeness (QED) is 0.524. The largest absolute Gasteiger partial charge is 0.364 e. The van der Waals surface area contributed by atoms with Crippen LogP contribution in [-0.4, -0.2) is 16.1 Å². The second-order valence-corrected chi connectivity index (χ2v) is 5.34. The number of rotatable bonds is 3. The van der Waals surface area contributed by atoms with E-state index in [1.54, 1.807) is 0 Å². The second-order valence-electron chi connectivity index (χ2n) is 3.84. The second kappa shape index (κ2) is 5.63. The molecule has 1 heterocycles. The van der Waals surface area contributed by atoms with Gasteiger partial charge in [-0.15, -0.1) is 0 Å². The molecule has 1 aromatic rings. The average molecular weight is 331 g/mol. The molecule has 0 aromatic heterocycles. The molecular weight excluding hydrogens is 317 g/mol. The van der Waals surface area contributed by atoms with Crippen molar-refractivity contribution < 1.29 is 9.53 Å².